The van der Waals surface area contributed by atoms with Gasteiger partial charge in [-0.2, -0.15) is 0 Å². The highest BCUT2D eigenvalue weighted by Gasteiger charge is 2.18. The summed E-state index contributed by atoms with van der Waals surface area (Å²) < 4.78 is 27.5. The van der Waals surface area contributed by atoms with Crippen molar-refractivity contribution in [3.05, 3.63) is 57.6 Å². The standard InChI is InChI=1S/C15H14Cl2N2O2S.ClH/c16-14-4-2-12(8-15(14)17)19-22(20,21)13-3-1-10-5-6-18-9-11(10)7-13;/h1-4,7-8,18-19H,5-6,9H2;1H. The van der Waals surface area contributed by atoms with Gasteiger partial charge in [-0.15, -0.1) is 12.4 Å². The minimum absolute atomic E-state index is 0. The van der Waals surface area contributed by atoms with E-state index in [1.807, 2.05) is 6.07 Å². The Kier molecular flexibility index (Phi) is 5.81. The average Bonchev–Trinajstić information content (AvgIpc) is 2.50. The summed E-state index contributed by atoms with van der Waals surface area (Å²) in [6.07, 6.45) is 0.913. The molecule has 0 aliphatic carbocycles. The fourth-order valence-electron chi connectivity index (χ4n) is 2.40. The van der Waals surface area contributed by atoms with Crippen molar-refractivity contribution in [3.8, 4) is 0 Å². The van der Waals surface area contributed by atoms with Gasteiger partial charge in [0.15, 0.2) is 0 Å². The lowest BCUT2D eigenvalue weighted by molar-refractivity contribution is 0.599. The van der Waals surface area contributed by atoms with E-state index < -0.39 is 10.0 Å². The van der Waals surface area contributed by atoms with Crippen molar-refractivity contribution in [2.45, 2.75) is 17.9 Å². The largest absolute Gasteiger partial charge is 0.312 e. The first-order chi connectivity index (χ1) is 10.5. The summed E-state index contributed by atoms with van der Waals surface area (Å²) >= 11 is 11.7. The van der Waals surface area contributed by atoms with Gasteiger partial charge in [-0.05, 0) is 54.4 Å². The highest BCUT2D eigenvalue weighted by Crippen LogP contribution is 2.27. The Hall–Kier alpha value is -0.980. The summed E-state index contributed by atoms with van der Waals surface area (Å²) in [5.74, 6) is 0. The number of hydrogen-bond donors (Lipinski definition) is 2. The van der Waals surface area contributed by atoms with Gasteiger partial charge in [0.25, 0.3) is 10.0 Å². The molecule has 0 saturated heterocycles. The van der Waals surface area contributed by atoms with E-state index in [1.54, 1.807) is 24.3 Å². The Labute approximate surface area is 151 Å². The second kappa shape index (κ2) is 7.28. The molecule has 2 aromatic rings. The molecule has 0 atom stereocenters. The van der Waals surface area contributed by atoms with Crippen LogP contribution in [-0.4, -0.2) is 15.0 Å². The van der Waals surface area contributed by atoms with Gasteiger partial charge in [-0.25, -0.2) is 8.42 Å². The summed E-state index contributed by atoms with van der Waals surface area (Å²) in [6, 6.07) is 9.83. The van der Waals surface area contributed by atoms with Crippen LogP contribution < -0.4 is 10.0 Å². The van der Waals surface area contributed by atoms with Crippen molar-refractivity contribution < 1.29 is 8.42 Å². The highest BCUT2D eigenvalue weighted by molar-refractivity contribution is 7.92. The molecule has 0 unspecified atom stereocenters. The van der Waals surface area contributed by atoms with E-state index in [0.29, 0.717) is 22.3 Å². The van der Waals surface area contributed by atoms with Gasteiger partial charge < -0.3 is 5.32 Å². The van der Waals surface area contributed by atoms with Crippen LogP contribution in [-0.2, 0) is 23.0 Å². The normalized spacial score (nSPS) is 13.8. The van der Waals surface area contributed by atoms with Gasteiger partial charge in [0.05, 0.1) is 20.6 Å². The monoisotopic (exact) mass is 392 g/mol. The number of nitrogens with one attached hydrogen (secondary N) is 2. The van der Waals surface area contributed by atoms with Crippen LogP contribution in [0.15, 0.2) is 41.3 Å². The van der Waals surface area contributed by atoms with Gasteiger partial charge in [0.1, 0.15) is 0 Å². The van der Waals surface area contributed by atoms with Crippen LogP contribution in [0.5, 0.6) is 0 Å². The van der Waals surface area contributed by atoms with E-state index in [1.165, 1.54) is 11.6 Å². The van der Waals surface area contributed by atoms with Gasteiger partial charge >= 0.3 is 0 Å². The Morgan fingerprint density at radius 3 is 2.52 bits per heavy atom. The quantitative estimate of drug-likeness (QED) is 0.832. The second-order valence-electron chi connectivity index (χ2n) is 5.09. The van der Waals surface area contributed by atoms with E-state index in [9.17, 15) is 8.42 Å². The summed E-state index contributed by atoms with van der Waals surface area (Å²) in [4.78, 5) is 0.237. The van der Waals surface area contributed by atoms with Crippen LogP contribution in [0, 0.1) is 0 Å². The predicted molar refractivity (Wildman–Crippen MR) is 96.4 cm³/mol. The van der Waals surface area contributed by atoms with Gasteiger partial charge in [-0.3, -0.25) is 4.72 Å². The van der Waals surface area contributed by atoms with E-state index in [2.05, 4.69) is 10.0 Å². The van der Waals surface area contributed by atoms with E-state index in [-0.39, 0.29) is 17.3 Å². The van der Waals surface area contributed by atoms with Crippen LogP contribution in [0.4, 0.5) is 5.69 Å². The Balaban J connectivity index is 0.00000192. The minimum atomic E-state index is -3.66. The Bertz CT molecular complexity index is 825. The van der Waals surface area contributed by atoms with Crippen LogP contribution in [0.2, 0.25) is 10.0 Å². The van der Waals surface area contributed by atoms with Crippen LogP contribution >= 0.6 is 35.6 Å². The highest BCUT2D eigenvalue weighted by atomic mass is 35.5. The lowest BCUT2D eigenvalue weighted by Gasteiger charge is -2.18. The first kappa shape index (κ1) is 18.4. The molecule has 0 radical (unpaired) electrons. The molecule has 1 heterocycles. The van der Waals surface area contributed by atoms with Gasteiger partial charge in [0.2, 0.25) is 0 Å². The second-order valence-corrected chi connectivity index (χ2v) is 7.59. The Morgan fingerprint density at radius 2 is 1.78 bits per heavy atom. The van der Waals surface area contributed by atoms with Crippen molar-refractivity contribution in [3.63, 3.8) is 0 Å². The summed E-state index contributed by atoms with van der Waals surface area (Å²) in [5, 5.41) is 3.92. The third-order valence-corrected chi connectivity index (χ3v) is 5.66. The third-order valence-electron chi connectivity index (χ3n) is 3.55. The summed E-state index contributed by atoms with van der Waals surface area (Å²) in [7, 11) is -3.66. The lowest BCUT2D eigenvalue weighted by Crippen LogP contribution is -2.24. The maximum Gasteiger partial charge on any atom is 0.261 e. The topological polar surface area (TPSA) is 58.2 Å². The van der Waals surface area contributed by atoms with Crippen molar-refractivity contribution in [1.82, 2.24) is 5.32 Å². The van der Waals surface area contributed by atoms with Crippen molar-refractivity contribution in [2.24, 2.45) is 0 Å². The van der Waals surface area contributed by atoms with Gasteiger partial charge in [0, 0.05) is 6.54 Å². The summed E-state index contributed by atoms with van der Waals surface area (Å²) in [6.45, 7) is 1.60. The van der Waals surface area contributed by atoms with E-state index in [0.717, 1.165) is 18.5 Å². The fraction of sp³-hybridized carbons (Fsp3) is 0.200. The molecule has 0 aromatic heterocycles. The molecule has 2 aromatic carbocycles. The molecule has 0 spiro atoms. The molecule has 1 aliphatic heterocycles. The molecule has 3 rings (SSSR count). The molecular formula is C15H15Cl3N2O2S. The number of rotatable bonds is 3. The molecule has 124 valence electrons. The van der Waals surface area contributed by atoms with Crippen molar-refractivity contribution in [1.29, 1.82) is 0 Å². The maximum atomic E-state index is 12.5. The molecular weight excluding hydrogens is 379 g/mol. The lowest BCUT2D eigenvalue weighted by atomic mass is 10.0. The molecule has 23 heavy (non-hydrogen) atoms. The molecule has 0 saturated carbocycles. The number of fused-ring (bicyclic) bond motifs is 1. The zero-order valence-electron chi connectivity index (χ0n) is 12.0. The molecule has 0 fully saturated rings. The molecule has 0 amide bonds. The molecule has 8 heteroatoms. The van der Waals surface area contributed by atoms with Gasteiger partial charge in [-0.1, -0.05) is 29.3 Å². The number of anilines is 1. The molecule has 0 bridgehead atoms. The van der Waals surface area contributed by atoms with E-state index >= 15 is 0 Å². The molecule has 4 nitrogen and oxygen atoms in total. The summed E-state index contributed by atoms with van der Waals surface area (Å²) in [5.41, 5.74) is 2.58. The first-order valence-corrected chi connectivity index (χ1v) is 9.00. The molecule has 1 aliphatic rings. The number of benzene rings is 2. The van der Waals surface area contributed by atoms with E-state index in [4.69, 9.17) is 23.2 Å². The minimum Gasteiger partial charge on any atom is -0.312 e. The fourth-order valence-corrected chi connectivity index (χ4v) is 3.80. The van der Waals surface area contributed by atoms with Crippen LogP contribution in [0.3, 0.4) is 0 Å². The Morgan fingerprint density at radius 1 is 1.00 bits per heavy atom. The van der Waals surface area contributed by atoms with Crippen LogP contribution in [0.1, 0.15) is 11.1 Å². The number of halogens is 3. The van der Waals surface area contributed by atoms with Crippen molar-refractivity contribution >= 4 is 51.3 Å². The SMILES string of the molecule is Cl.O=S(=O)(Nc1ccc(Cl)c(Cl)c1)c1ccc2c(c1)CNCC2. The average molecular weight is 394 g/mol. The first-order valence-electron chi connectivity index (χ1n) is 6.76. The zero-order valence-corrected chi connectivity index (χ0v) is 15.1. The third kappa shape index (κ3) is 4.11. The number of hydrogen-bond acceptors (Lipinski definition) is 3. The van der Waals surface area contributed by atoms with Crippen LogP contribution in [0.25, 0.3) is 0 Å². The zero-order chi connectivity index (χ0) is 15.7. The maximum absolute atomic E-state index is 12.5. The molecule has 2 N–H and O–H groups in total. The number of sulfonamides is 1. The smallest absolute Gasteiger partial charge is 0.261 e. The predicted octanol–water partition coefficient (Wildman–Crippen LogP) is 3.86. The van der Waals surface area contributed by atoms with Crippen molar-refractivity contribution in [2.75, 3.05) is 11.3 Å².